The van der Waals surface area contributed by atoms with E-state index in [1.54, 1.807) is 6.08 Å². The van der Waals surface area contributed by atoms with E-state index in [2.05, 4.69) is 111 Å². The zero-order valence-corrected chi connectivity index (χ0v) is 55.9. The van der Waals surface area contributed by atoms with Gasteiger partial charge in [0.05, 0.1) is 25.4 Å². The number of rotatable bonds is 61. The van der Waals surface area contributed by atoms with Gasteiger partial charge in [-0.3, -0.25) is 9.59 Å². The van der Waals surface area contributed by atoms with Crippen molar-refractivity contribution in [1.29, 1.82) is 0 Å². The Hall–Kier alpha value is -3.42. The summed E-state index contributed by atoms with van der Waals surface area (Å²) in [6.07, 6.45) is 74.4. The zero-order chi connectivity index (χ0) is 63.1. The maximum Gasteiger partial charge on any atom is 0.306 e. The summed E-state index contributed by atoms with van der Waals surface area (Å²) in [6, 6.07) is -1.04. The van der Waals surface area contributed by atoms with Gasteiger partial charge in [-0.2, -0.15) is 0 Å². The highest BCUT2D eigenvalue weighted by molar-refractivity contribution is 5.80. The van der Waals surface area contributed by atoms with Crippen molar-refractivity contribution in [3.63, 3.8) is 0 Å². The van der Waals surface area contributed by atoms with Crippen LogP contribution in [0.4, 0.5) is 0 Å². The molecule has 0 bridgehead atoms. The number of esters is 1. The van der Waals surface area contributed by atoms with E-state index < -0.39 is 67.4 Å². The molecule has 1 fully saturated rings. The summed E-state index contributed by atoms with van der Waals surface area (Å²) in [5, 5.41) is 57.3. The molecule has 1 rings (SSSR count). The first-order valence-electron chi connectivity index (χ1n) is 36.0. The van der Waals surface area contributed by atoms with Crippen LogP contribution < -0.4 is 5.32 Å². The maximum absolute atomic E-state index is 13.5. The van der Waals surface area contributed by atoms with Crippen molar-refractivity contribution in [2.75, 3.05) is 13.2 Å². The predicted octanol–water partition coefficient (Wildman–Crippen LogP) is 18.6. The minimum absolute atomic E-state index is 0.118. The summed E-state index contributed by atoms with van der Waals surface area (Å²) in [5.74, 6) is -1.21. The first-order chi connectivity index (χ1) is 42.7. The first-order valence-corrected chi connectivity index (χ1v) is 36.0. The van der Waals surface area contributed by atoms with Gasteiger partial charge in [-0.1, -0.05) is 298 Å². The van der Waals surface area contributed by atoms with Crippen LogP contribution in [0.3, 0.4) is 0 Å². The van der Waals surface area contributed by atoms with Gasteiger partial charge in [0.25, 0.3) is 0 Å². The van der Waals surface area contributed by atoms with Crippen LogP contribution in [0.5, 0.6) is 0 Å². The third-order valence-corrected chi connectivity index (χ3v) is 16.5. The topological polar surface area (TPSA) is 175 Å². The predicted molar refractivity (Wildman–Crippen MR) is 365 cm³/mol. The number of aliphatic hydroxyl groups excluding tert-OH is 5. The van der Waals surface area contributed by atoms with Crippen molar-refractivity contribution in [2.45, 2.75) is 359 Å². The molecule has 0 radical (unpaired) electrons. The summed E-state index contributed by atoms with van der Waals surface area (Å²) in [7, 11) is 0. The Kier molecular flexibility index (Phi) is 58.9. The van der Waals surface area contributed by atoms with Gasteiger partial charge in [0.2, 0.25) is 5.91 Å². The molecule has 0 aromatic rings. The number of unbranched alkanes of at least 4 members (excludes halogenated alkanes) is 33. The lowest BCUT2D eigenvalue weighted by molar-refractivity contribution is -0.305. The zero-order valence-electron chi connectivity index (χ0n) is 55.9. The number of allylic oxidation sites excluding steroid dienone is 15. The second-order valence-corrected chi connectivity index (χ2v) is 24.6. The van der Waals surface area contributed by atoms with E-state index >= 15 is 0 Å². The van der Waals surface area contributed by atoms with Gasteiger partial charge in [0.15, 0.2) is 12.4 Å². The molecule has 502 valence electrons. The summed E-state index contributed by atoms with van der Waals surface area (Å²) < 4.78 is 17.7. The van der Waals surface area contributed by atoms with Gasteiger partial charge in [-0.05, 0) is 103 Å². The number of hydrogen-bond donors (Lipinski definition) is 6. The average Bonchev–Trinajstić information content (AvgIpc) is 1.52. The molecule has 6 N–H and O–H groups in total. The van der Waals surface area contributed by atoms with E-state index in [0.29, 0.717) is 12.8 Å². The number of nitrogens with one attached hydrogen (secondary N) is 1. The lowest BCUT2D eigenvalue weighted by atomic mass is 9.99. The first kappa shape index (κ1) is 81.6. The van der Waals surface area contributed by atoms with E-state index in [1.807, 2.05) is 6.08 Å². The highest BCUT2D eigenvalue weighted by atomic mass is 16.7. The van der Waals surface area contributed by atoms with Crippen molar-refractivity contribution in [3.05, 3.63) is 97.2 Å². The van der Waals surface area contributed by atoms with E-state index in [9.17, 15) is 35.1 Å². The summed E-state index contributed by atoms with van der Waals surface area (Å²) >= 11 is 0. The molecule has 1 saturated heterocycles. The number of carbonyl (C=O) groups is 2. The summed E-state index contributed by atoms with van der Waals surface area (Å²) in [5.41, 5.74) is 0. The minimum atomic E-state index is -1.62. The number of ether oxygens (including phenoxy) is 3. The van der Waals surface area contributed by atoms with Crippen LogP contribution in [0.25, 0.3) is 0 Å². The van der Waals surface area contributed by atoms with Crippen LogP contribution in [0.1, 0.15) is 310 Å². The van der Waals surface area contributed by atoms with Crippen LogP contribution in [0.15, 0.2) is 97.2 Å². The largest absolute Gasteiger partial charge is 0.454 e. The van der Waals surface area contributed by atoms with Gasteiger partial charge < -0.3 is 45.1 Å². The molecule has 0 aromatic heterocycles. The Morgan fingerprint density at radius 2 is 0.828 bits per heavy atom. The molecule has 11 nitrogen and oxygen atoms in total. The van der Waals surface area contributed by atoms with Crippen molar-refractivity contribution in [3.8, 4) is 0 Å². The molecule has 0 aromatic carbocycles. The standard InChI is InChI=1S/C76H133NO10/c1-4-7-10-13-16-19-22-25-27-29-31-33-34-35-36-37-39-41-43-46-49-52-55-58-61-64-71(81)87-74-73(83)72(82)70(65-78)86-76(74)85-66-67(68(79)62-59-56-53-50-47-44-24-21-18-15-12-9-6-3)77-75(84)69(80)63-60-57-54-51-48-45-42-40-38-32-30-28-26-23-20-17-14-11-8-5-2/h8,11,16-17,19-20,25-28,32,38,42,45,59,62,67-70,72-74,76,78-80,82-83H,4-7,9-10,12-15,18,21-24,29-31,33-37,39-41,43-44,46-58,60-61,63-66H2,1-3H3,(H,77,84)/b11-8-,19-16-,20-17-,27-25-,28-26-,38-32-,45-42-,62-59+. The van der Waals surface area contributed by atoms with Crippen LogP contribution in [-0.4, -0.2) is 99.6 Å². The molecule has 1 aliphatic heterocycles. The monoisotopic (exact) mass is 1220 g/mol. The SMILES string of the molecule is CC/C=C\C/C=C\C/C=C\C/C=C\C/C=C\CCCCCCC(O)C(=O)NC(COC1OC(CO)C(O)C(O)C1OC(=O)CCCCCCCCCCCCCCCCC/C=C\C/C=C\CCCCC)C(O)/C=C/CCCCCCCCCCCCC. The Labute approximate surface area is 533 Å². The van der Waals surface area contributed by atoms with Crippen LogP contribution in [0.2, 0.25) is 0 Å². The molecule has 0 aliphatic carbocycles. The summed E-state index contributed by atoms with van der Waals surface area (Å²) in [4.78, 5) is 26.7. The molecule has 0 saturated carbocycles. The van der Waals surface area contributed by atoms with Crippen molar-refractivity contribution in [2.24, 2.45) is 0 Å². The van der Waals surface area contributed by atoms with E-state index in [-0.39, 0.29) is 19.4 Å². The van der Waals surface area contributed by atoms with Crippen molar-refractivity contribution < 1.29 is 49.3 Å². The van der Waals surface area contributed by atoms with E-state index in [0.717, 1.165) is 103 Å². The molecular formula is C76H133NO10. The van der Waals surface area contributed by atoms with Crippen LogP contribution in [-0.2, 0) is 23.8 Å². The number of carbonyl (C=O) groups excluding carboxylic acids is 2. The third kappa shape index (κ3) is 50.0. The Balaban J connectivity index is 2.59. The average molecular weight is 1220 g/mol. The number of amides is 1. The molecule has 1 aliphatic rings. The van der Waals surface area contributed by atoms with Crippen LogP contribution in [0, 0.1) is 0 Å². The quantitative estimate of drug-likeness (QED) is 0.0195. The number of hydrogen-bond acceptors (Lipinski definition) is 10. The molecule has 1 amide bonds. The van der Waals surface area contributed by atoms with E-state index in [1.165, 1.54) is 161 Å². The lowest BCUT2D eigenvalue weighted by Gasteiger charge is -2.41. The fraction of sp³-hybridized carbons (Fsp3) is 0.763. The highest BCUT2D eigenvalue weighted by Crippen LogP contribution is 2.26. The fourth-order valence-electron chi connectivity index (χ4n) is 10.8. The summed E-state index contributed by atoms with van der Waals surface area (Å²) in [6.45, 7) is 5.67. The second kappa shape index (κ2) is 62.8. The highest BCUT2D eigenvalue weighted by Gasteiger charge is 2.47. The van der Waals surface area contributed by atoms with Gasteiger partial charge in [0.1, 0.15) is 24.4 Å². The smallest absolute Gasteiger partial charge is 0.306 e. The van der Waals surface area contributed by atoms with Crippen molar-refractivity contribution >= 4 is 11.9 Å². The number of aliphatic hydroxyl groups is 5. The molecule has 0 spiro atoms. The Morgan fingerprint density at radius 1 is 0.460 bits per heavy atom. The molecular weight excluding hydrogens is 1090 g/mol. The van der Waals surface area contributed by atoms with Gasteiger partial charge in [-0.25, -0.2) is 0 Å². The normalized spacial score (nSPS) is 18.8. The van der Waals surface area contributed by atoms with Crippen molar-refractivity contribution in [1.82, 2.24) is 5.32 Å². The molecule has 11 heteroatoms. The Bertz CT molecular complexity index is 1790. The van der Waals surface area contributed by atoms with Gasteiger partial charge >= 0.3 is 5.97 Å². The molecule has 1 heterocycles. The third-order valence-electron chi connectivity index (χ3n) is 16.5. The lowest BCUT2D eigenvalue weighted by Crippen LogP contribution is -2.61. The van der Waals surface area contributed by atoms with E-state index in [4.69, 9.17) is 14.2 Å². The van der Waals surface area contributed by atoms with Gasteiger partial charge in [0, 0.05) is 6.42 Å². The minimum Gasteiger partial charge on any atom is -0.454 e. The molecule has 8 unspecified atom stereocenters. The van der Waals surface area contributed by atoms with Gasteiger partial charge in [-0.15, -0.1) is 0 Å². The molecule has 8 atom stereocenters. The fourth-order valence-corrected chi connectivity index (χ4v) is 10.8. The van der Waals surface area contributed by atoms with Crippen LogP contribution >= 0.6 is 0 Å². The maximum atomic E-state index is 13.5. The second-order valence-electron chi connectivity index (χ2n) is 24.6. The molecule has 87 heavy (non-hydrogen) atoms. The Morgan fingerprint density at radius 3 is 1.26 bits per heavy atom.